The molecule has 0 amide bonds. The summed E-state index contributed by atoms with van der Waals surface area (Å²) in [7, 11) is 0. The molecule has 8 saturated carbocycles. The molecular weight excluding hydrogens is 404 g/mol. The van der Waals surface area contributed by atoms with E-state index in [4.69, 9.17) is 14.2 Å². The van der Waals surface area contributed by atoms with Crippen LogP contribution in [0.15, 0.2) is 12.2 Å². The summed E-state index contributed by atoms with van der Waals surface area (Å²) in [5.74, 6) is 3.04. The molecule has 8 aliphatic carbocycles. The number of carbonyl (C=O) groups is 2. The van der Waals surface area contributed by atoms with Crippen LogP contribution in [0.4, 0.5) is 0 Å². The van der Waals surface area contributed by atoms with E-state index in [2.05, 4.69) is 13.5 Å². The molecule has 0 aliphatic heterocycles. The van der Waals surface area contributed by atoms with Crippen LogP contribution in [-0.4, -0.2) is 29.9 Å². The molecule has 32 heavy (non-hydrogen) atoms. The maximum atomic E-state index is 13.4. The van der Waals surface area contributed by atoms with Crippen molar-refractivity contribution in [3.05, 3.63) is 12.2 Å². The summed E-state index contributed by atoms with van der Waals surface area (Å²) in [6, 6.07) is 0. The first-order valence-electron chi connectivity index (χ1n) is 12.9. The minimum absolute atomic E-state index is 0.0359. The van der Waals surface area contributed by atoms with Crippen molar-refractivity contribution in [1.82, 2.24) is 0 Å². The summed E-state index contributed by atoms with van der Waals surface area (Å²) in [6.45, 7) is 7.63. The lowest BCUT2D eigenvalue weighted by atomic mass is 9.45. The molecular formula is C27H38O5. The second-order valence-electron chi connectivity index (χ2n) is 12.8. The van der Waals surface area contributed by atoms with E-state index >= 15 is 0 Å². The fraction of sp³-hybridized carbons (Fsp3) is 0.852. The van der Waals surface area contributed by atoms with Crippen LogP contribution in [-0.2, 0) is 23.8 Å². The molecule has 0 saturated heterocycles. The minimum Gasteiger partial charge on any atom is -0.455 e. The average molecular weight is 443 g/mol. The van der Waals surface area contributed by atoms with Gasteiger partial charge in [0.05, 0.1) is 11.0 Å². The number of carbonyl (C=O) groups excluding carboxylic acids is 2. The van der Waals surface area contributed by atoms with E-state index in [1.807, 2.05) is 0 Å². The predicted molar refractivity (Wildman–Crippen MR) is 118 cm³/mol. The molecule has 8 fully saturated rings. The zero-order chi connectivity index (χ0) is 22.3. The van der Waals surface area contributed by atoms with E-state index < -0.39 is 11.0 Å². The maximum absolute atomic E-state index is 13.4. The van der Waals surface area contributed by atoms with Gasteiger partial charge in [-0.15, -0.1) is 0 Å². The highest BCUT2D eigenvalue weighted by Crippen LogP contribution is 2.65. The summed E-state index contributed by atoms with van der Waals surface area (Å²) >= 11 is 0. The molecule has 5 heteroatoms. The van der Waals surface area contributed by atoms with Crippen molar-refractivity contribution in [2.24, 2.45) is 40.9 Å². The Labute approximate surface area is 191 Å². The first-order valence-corrected chi connectivity index (χ1v) is 12.9. The molecule has 8 aliphatic rings. The molecule has 0 heterocycles. The number of esters is 2. The Balaban J connectivity index is 1.11. The topological polar surface area (TPSA) is 61.8 Å². The van der Waals surface area contributed by atoms with Gasteiger partial charge in [-0.1, -0.05) is 6.58 Å². The molecule has 8 rings (SSSR count). The summed E-state index contributed by atoms with van der Waals surface area (Å²) < 4.78 is 18.2. The number of hydrogen-bond acceptors (Lipinski definition) is 5. The maximum Gasteiger partial charge on any atom is 0.333 e. The summed E-state index contributed by atoms with van der Waals surface area (Å²) in [5.41, 5.74) is -0.509. The van der Waals surface area contributed by atoms with Gasteiger partial charge in [-0.05, 0) is 108 Å². The second-order valence-corrected chi connectivity index (χ2v) is 12.8. The van der Waals surface area contributed by atoms with Crippen molar-refractivity contribution in [1.29, 1.82) is 0 Å². The lowest BCUT2D eigenvalue weighted by Gasteiger charge is -2.62. The monoisotopic (exact) mass is 442 g/mol. The van der Waals surface area contributed by atoms with Crippen molar-refractivity contribution in [2.45, 2.75) is 95.7 Å². The Morgan fingerprint density at radius 1 is 0.844 bits per heavy atom. The number of rotatable bonds is 6. The van der Waals surface area contributed by atoms with Gasteiger partial charge in [0.25, 0.3) is 0 Å². The van der Waals surface area contributed by atoms with Crippen molar-refractivity contribution in [3.63, 3.8) is 0 Å². The number of ether oxygens (including phenoxy) is 3. The standard InChI is InChI=1S/C27H38O5/c1-16(2)23(28)32-25(3)21-7-20-8-22(25)14-26(9-20,13-21)24(29)30-15-31-27-10-17-4-18(11-27)6-19(5-17)12-27/h17-22H,1,4-15H2,2-3H3. The van der Waals surface area contributed by atoms with Gasteiger partial charge < -0.3 is 14.2 Å². The number of hydrogen-bond donors (Lipinski definition) is 0. The van der Waals surface area contributed by atoms with E-state index in [-0.39, 0.29) is 36.2 Å². The van der Waals surface area contributed by atoms with E-state index in [0.717, 1.165) is 69.1 Å². The Hall–Kier alpha value is -1.36. The highest BCUT2D eigenvalue weighted by Gasteiger charge is 2.65. The molecule has 5 nitrogen and oxygen atoms in total. The van der Waals surface area contributed by atoms with Gasteiger partial charge in [0.2, 0.25) is 0 Å². The molecule has 176 valence electrons. The van der Waals surface area contributed by atoms with E-state index in [9.17, 15) is 9.59 Å². The fourth-order valence-corrected chi connectivity index (χ4v) is 9.46. The SMILES string of the molecule is C=C(C)C(=O)OC1(C)C2CC3CC1CC(C(=O)OCOC14CC5CC(CC(C5)C1)C4)(C3)C2. The normalized spacial score (nSPS) is 49.8. The van der Waals surface area contributed by atoms with Gasteiger partial charge in [-0.25, -0.2) is 4.79 Å². The summed E-state index contributed by atoms with van der Waals surface area (Å²) in [5, 5.41) is 0. The molecule has 0 aromatic carbocycles. The van der Waals surface area contributed by atoms with Gasteiger partial charge in [-0.3, -0.25) is 4.79 Å². The third-order valence-corrected chi connectivity index (χ3v) is 10.4. The zero-order valence-electron chi connectivity index (χ0n) is 19.7. The van der Waals surface area contributed by atoms with Crippen molar-refractivity contribution >= 4 is 11.9 Å². The van der Waals surface area contributed by atoms with E-state index in [1.54, 1.807) is 6.92 Å². The van der Waals surface area contributed by atoms with Crippen LogP contribution < -0.4 is 0 Å². The Morgan fingerprint density at radius 2 is 1.38 bits per heavy atom. The van der Waals surface area contributed by atoms with Crippen LogP contribution in [0.2, 0.25) is 0 Å². The van der Waals surface area contributed by atoms with Crippen molar-refractivity contribution < 1.29 is 23.8 Å². The Bertz CT molecular complexity index is 792. The quantitative estimate of drug-likeness (QED) is 0.322. The minimum atomic E-state index is -0.494. The van der Waals surface area contributed by atoms with Crippen molar-refractivity contribution in [3.8, 4) is 0 Å². The smallest absolute Gasteiger partial charge is 0.333 e. The Kier molecular flexibility index (Phi) is 4.68. The molecule has 0 radical (unpaired) electrons. The summed E-state index contributed by atoms with van der Waals surface area (Å²) in [4.78, 5) is 25.7. The van der Waals surface area contributed by atoms with Gasteiger partial charge in [0.1, 0.15) is 5.60 Å². The second kappa shape index (κ2) is 7.07. The van der Waals surface area contributed by atoms with E-state index in [0.29, 0.717) is 11.5 Å². The lowest BCUT2D eigenvalue weighted by molar-refractivity contribution is -0.236. The van der Waals surface area contributed by atoms with Gasteiger partial charge >= 0.3 is 11.9 Å². The first kappa shape index (κ1) is 21.2. The molecule has 2 atom stereocenters. The average Bonchev–Trinajstić information content (AvgIpc) is 2.70. The third kappa shape index (κ3) is 3.20. The van der Waals surface area contributed by atoms with Crippen LogP contribution >= 0.6 is 0 Å². The molecule has 0 spiro atoms. The Morgan fingerprint density at radius 3 is 1.91 bits per heavy atom. The van der Waals surface area contributed by atoms with Crippen LogP contribution in [0.25, 0.3) is 0 Å². The highest BCUT2D eigenvalue weighted by molar-refractivity contribution is 5.87. The highest BCUT2D eigenvalue weighted by atomic mass is 16.7. The molecule has 0 aromatic heterocycles. The van der Waals surface area contributed by atoms with Gasteiger partial charge in [0.15, 0.2) is 6.79 Å². The lowest BCUT2D eigenvalue weighted by Crippen LogP contribution is -2.63. The molecule has 0 aromatic rings. The van der Waals surface area contributed by atoms with E-state index in [1.165, 1.54) is 19.3 Å². The van der Waals surface area contributed by atoms with Crippen molar-refractivity contribution in [2.75, 3.05) is 6.79 Å². The van der Waals surface area contributed by atoms with Crippen LogP contribution in [0.1, 0.15) is 84.5 Å². The third-order valence-electron chi connectivity index (χ3n) is 10.4. The van der Waals surface area contributed by atoms with Gasteiger partial charge in [0, 0.05) is 17.4 Å². The molecule has 0 N–H and O–H groups in total. The predicted octanol–water partition coefficient (Wildman–Crippen LogP) is 5.18. The fourth-order valence-electron chi connectivity index (χ4n) is 9.46. The van der Waals surface area contributed by atoms with Gasteiger partial charge in [-0.2, -0.15) is 0 Å². The van der Waals surface area contributed by atoms with Crippen LogP contribution in [0.3, 0.4) is 0 Å². The molecule has 8 bridgehead atoms. The van der Waals surface area contributed by atoms with Crippen LogP contribution in [0.5, 0.6) is 0 Å². The largest absolute Gasteiger partial charge is 0.455 e. The zero-order valence-corrected chi connectivity index (χ0v) is 19.7. The summed E-state index contributed by atoms with van der Waals surface area (Å²) in [6.07, 6.45) is 12.1. The molecule has 2 unspecified atom stereocenters. The van der Waals surface area contributed by atoms with Crippen LogP contribution in [0, 0.1) is 40.9 Å². The first-order chi connectivity index (χ1) is 15.2.